The standard InChI is InChI=1S/C14H18N2/c1-4-16(5-2)13-6-7-14-12(9-13)8-11(3)10-15-14/h6-10H,4-5H2,1-3H3. The molecule has 1 aromatic carbocycles. The zero-order valence-corrected chi connectivity index (χ0v) is 10.2. The van der Waals surface area contributed by atoms with E-state index in [1.54, 1.807) is 0 Å². The highest BCUT2D eigenvalue weighted by atomic mass is 15.1. The van der Waals surface area contributed by atoms with Gasteiger partial charge in [-0.1, -0.05) is 0 Å². The van der Waals surface area contributed by atoms with E-state index in [0.29, 0.717) is 0 Å². The van der Waals surface area contributed by atoms with Crippen LogP contribution in [0.4, 0.5) is 5.69 Å². The molecule has 0 atom stereocenters. The highest BCUT2D eigenvalue weighted by Gasteiger charge is 2.03. The Hall–Kier alpha value is -1.57. The molecule has 0 aliphatic heterocycles. The van der Waals surface area contributed by atoms with E-state index in [4.69, 9.17) is 0 Å². The zero-order chi connectivity index (χ0) is 11.5. The summed E-state index contributed by atoms with van der Waals surface area (Å²) >= 11 is 0. The van der Waals surface area contributed by atoms with Crippen LogP contribution in [0.1, 0.15) is 19.4 Å². The number of rotatable bonds is 3. The molecule has 0 unspecified atom stereocenters. The normalized spacial score (nSPS) is 10.7. The van der Waals surface area contributed by atoms with Crippen LogP contribution in [0.25, 0.3) is 10.9 Å². The predicted molar refractivity (Wildman–Crippen MR) is 70.0 cm³/mol. The van der Waals surface area contributed by atoms with E-state index in [2.05, 4.69) is 54.9 Å². The molecule has 0 saturated carbocycles. The minimum Gasteiger partial charge on any atom is -0.372 e. The number of benzene rings is 1. The second-order valence-electron chi connectivity index (χ2n) is 4.06. The maximum absolute atomic E-state index is 4.41. The highest BCUT2D eigenvalue weighted by molar-refractivity contribution is 5.83. The lowest BCUT2D eigenvalue weighted by molar-refractivity contribution is 0.867. The van der Waals surface area contributed by atoms with Crippen molar-refractivity contribution in [2.24, 2.45) is 0 Å². The third-order valence-corrected chi connectivity index (χ3v) is 2.93. The number of anilines is 1. The van der Waals surface area contributed by atoms with Crippen LogP contribution in [0.15, 0.2) is 30.5 Å². The van der Waals surface area contributed by atoms with Gasteiger partial charge in [-0.2, -0.15) is 0 Å². The van der Waals surface area contributed by atoms with Gasteiger partial charge in [0.2, 0.25) is 0 Å². The summed E-state index contributed by atoms with van der Waals surface area (Å²) in [6.45, 7) is 8.53. The third kappa shape index (κ3) is 2.01. The first-order valence-corrected chi connectivity index (χ1v) is 5.86. The van der Waals surface area contributed by atoms with Crippen molar-refractivity contribution in [3.63, 3.8) is 0 Å². The molecule has 0 spiro atoms. The Labute approximate surface area is 96.9 Å². The van der Waals surface area contributed by atoms with E-state index in [0.717, 1.165) is 18.6 Å². The van der Waals surface area contributed by atoms with Gasteiger partial charge in [-0.05, 0) is 50.6 Å². The summed E-state index contributed by atoms with van der Waals surface area (Å²) in [6, 6.07) is 8.66. The summed E-state index contributed by atoms with van der Waals surface area (Å²) in [5.41, 5.74) is 3.57. The molecule has 2 aromatic rings. The SMILES string of the molecule is CCN(CC)c1ccc2ncc(C)cc2c1. The van der Waals surface area contributed by atoms with Gasteiger partial charge in [0.25, 0.3) is 0 Å². The van der Waals surface area contributed by atoms with Crippen LogP contribution in [0.3, 0.4) is 0 Å². The smallest absolute Gasteiger partial charge is 0.0703 e. The van der Waals surface area contributed by atoms with Crippen molar-refractivity contribution in [3.05, 3.63) is 36.0 Å². The molecule has 0 N–H and O–H groups in total. The molecule has 0 amide bonds. The second kappa shape index (κ2) is 4.52. The molecule has 0 aliphatic carbocycles. The lowest BCUT2D eigenvalue weighted by Crippen LogP contribution is -2.21. The Morgan fingerprint density at radius 1 is 1.12 bits per heavy atom. The van der Waals surface area contributed by atoms with E-state index in [1.165, 1.54) is 16.6 Å². The zero-order valence-electron chi connectivity index (χ0n) is 10.2. The van der Waals surface area contributed by atoms with Gasteiger partial charge in [-0.15, -0.1) is 0 Å². The predicted octanol–water partition coefficient (Wildman–Crippen LogP) is 3.39. The van der Waals surface area contributed by atoms with Gasteiger partial charge in [-0.3, -0.25) is 4.98 Å². The fourth-order valence-corrected chi connectivity index (χ4v) is 2.01. The molecule has 2 heteroatoms. The molecule has 0 saturated heterocycles. The Kier molecular flexibility index (Phi) is 3.09. The number of hydrogen-bond acceptors (Lipinski definition) is 2. The summed E-state index contributed by atoms with van der Waals surface area (Å²) in [6.07, 6.45) is 1.92. The molecule has 0 radical (unpaired) electrons. The molecule has 2 rings (SSSR count). The van der Waals surface area contributed by atoms with Crippen LogP contribution in [0.2, 0.25) is 0 Å². The average molecular weight is 214 g/mol. The molecule has 16 heavy (non-hydrogen) atoms. The number of aryl methyl sites for hydroxylation is 1. The maximum atomic E-state index is 4.41. The van der Waals surface area contributed by atoms with Crippen LogP contribution in [0.5, 0.6) is 0 Å². The van der Waals surface area contributed by atoms with Crippen LogP contribution in [-0.2, 0) is 0 Å². The van der Waals surface area contributed by atoms with Crippen molar-refractivity contribution >= 4 is 16.6 Å². The fraction of sp³-hybridized carbons (Fsp3) is 0.357. The Bertz CT molecular complexity index is 487. The lowest BCUT2D eigenvalue weighted by atomic mass is 10.1. The number of nitrogens with zero attached hydrogens (tertiary/aromatic N) is 2. The van der Waals surface area contributed by atoms with Crippen LogP contribution >= 0.6 is 0 Å². The third-order valence-electron chi connectivity index (χ3n) is 2.93. The van der Waals surface area contributed by atoms with Gasteiger partial charge < -0.3 is 4.90 Å². The highest BCUT2D eigenvalue weighted by Crippen LogP contribution is 2.21. The van der Waals surface area contributed by atoms with Gasteiger partial charge in [0.05, 0.1) is 5.52 Å². The van der Waals surface area contributed by atoms with Crippen molar-refractivity contribution in [3.8, 4) is 0 Å². The van der Waals surface area contributed by atoms with Gasteiger partial charge in [-0.25, -0.2) is 0 Å². The van der Waals surface area contributed by atoms with Gasteiger partial charge in [0.1, 0.15) is 0 Å². The topological polar surface area (TPSA) is 16.1 Å². The largest absolute Gasteiger partial charge is 0.372 e. The number of hydrogen-bond donors (Lipinski definition) is 0. The monoisotopic (exact) mass is 214 g/mol. The summed E-state index contributed by atoms with van der Waals surface area (Å²) < 4.78 is 0. The van der Waals surface area contributed by atoms with Crippen LogP contribution < -0.4 is 4.90 Å². The first kappa shape index (κ1) is 10.9. The van der Waals surface area contributed by atoms with Gasteiger partial charge in [0, 0.05) is 30.4 Å². The first-order chi connectivity index (χ1) is 7.74. The first-order valence-electron chi connectivity index (χ1n) is 5.86. The van der Waals surface area contributed by atoms with Gasteiger partial charge >= 0.3 is 0 Å². The lowest BCUT2D eigenvalue weighted by Gasteiger charge is -2.21. The summed E-state index contributed by atoms with van der Waals surface area (Å²) in [5, 5.41) is 1.23. The van der Waals surface area contributed by atoms with E-state index in [-0.39, 0.29) is 0 Å². The Morgan fingerprint density at radius 2 is 1.88 bits per heavy atom. The molecule has 1 aromatic heterocycles. The maximum Gasteiger partial charge on any atom is 0.0703 e. The van der Waals surface area contributed by atoms with E-state index in [1.807, 2.05) is 6.20 Å². The molecule has 84 valence electrons. The summed E-state index contributed by atoms with van der Waals surface area (Å²) in [5.74, 6) is 0. The van der Waals surface area contributed by atoms with Crippen molar-refractivity contribution in [2.75, 3.05) is 18.0 Å². The Balaban J connectivity index is 2.49. The quantitative estimate of drug-likeness (QED) is 0.778. The molecular formula is C14H18N2. The van der Waals surface area contributed by atoms with Crippen molar-refractivity contribution in [1.82, 2.24) is 4.98 Å². The van der Waals surface area contributed by atoms with Crippen molar-refractivity contribution in [1.29, 1.82) is 0 Å². The molecule has 1 heterocycles. The molecule has 0 aliphatic rings. The molecule has 0 fully saturated rings. The molecular weight excluding hydrogens is 196 g/mol. The van der Waals surface area contributed by atoms with Crippen LogP contribution in [-0.4, -0.2) is 18.1 Å². The average Bonchev–Trinajstić information content (AvgIpc) is 2.30. The Morgan fingerprint density at radius 3 is 2.56 bits per heavy atom. The van der Waals surface area contributed by atoms with E-state index < -0.39 is 0 Å². The van der Waals surface area contributed by atoms with Crippen molar-refractivity contribution in [2.45, 2.75) is 20.8 Å². The molecule has 0 bridgehead atoms. The molecule has 2 nitrogen and oxygen atoms in total. The minimum atomic E-state index is 1.04. The minimum absolute atomic E-state index is 1.04. The second-order valence-corrected chi connectivity index (χ2v) is 4.06. The van der Waals surface area contributed by atoms with Crippen molar-refractivity contribution < 1.29 is 0 Å². The van der Waals surface area contributed by atoms with Crippen LogP contribution in [0, 0.1) is 6.92 Å². The number of aromatic nitrogens is 1. The van der Waals surface area contributed by atoms with E-state index >= 15 is 0 Å². The summed E-state index contributed by atoms with van der Waals surface area (Å²) in [7, 11) is 0. The summed E-state index contributed by atoms with van der Waals surface area (Å²) in [4.78, 5) is 6.76. The number of pyridine rings is 1. The number of fused-ring (bicyclic) bond motifs is 1. The van der Waals surface area contributed by atoms with Gasteiger partial charge in [0.15, 0.2) is 0 Å². The van der Waals surface area contributed by atoms with E-state index in [9.17, 15) is 0 Å². The fourth-order valence-electron chi connectivity index (χ4n) is 2.01.